The molecule has 1 unspecified atom stereocenters. The Hall–Kier alpha value is -0.810. The Morgan fingerprint density at radius 2 is 1.67 bits per heavy atom. The fraction of sp³-hybridized carbons (Fsp3) is 0.889. The fourth-order valence-electron chi connectivity index (χ4n) is 4.39. The van der Waals surface area contributed by atoms with Gasteiger partial charge in [0.05, 0.1) is 0 Å². The van der Waals surface area contributed by atoms with E-state index in [1.165, 1.54) is 12.8 Å². The summed E-state index contributed by atoms with van der Waals surface area (Å²) < 4.78 is 0. The van der Waals surface area contributed by atoms with Crippen LogP contribution in [0.15, 0.2) is 0 Å². The van der Waals surface area contributed by atoms with Crippen LogP contribution in [0, 0.1) is 11.8 Å². The Morgan fingerprint density at radius 3 is 2.29 bits per heavy atom. The quantitative estimate of drug-likeness (QED) is 0.813. The van der Waals surface area contributed by atoms with Crippen LogP contribution in [0.1, 0.15) is 58.3 Å². The number of hydrogen-bond donors (Lipinski definition) is 2. The molecule has 0 aromatic heterocycles. The molecule has 3 rings (SSSR count). The van der Waals surface area contributed by atoms with Crippen molar-refractivity contribution in [2.24, 2.45) is 11.8 Å². The molecule has 3 aliphatic rings. The fourth-order valence-corrected chi connectivity index (χ4v) is 4.39. The predicted molar refractivity (Wildman–Crippen MR) is 97.1 cm³/mol. The molecule has 0 spiro atoms. The Bertz CT molecular complexity index is 432. The van der Waals surface area contributed by atoms with Crippen molar-refractivity contribution in [1.29, 1.82) is 0 Å². The molecule has 5 nitrogen and oxygen atoms in total. The smallest absolute Gasteiger partial charge is 0.226 e. The number of piperazine rings is 1. The SMILES string of the molecule is CC1CNCCN1C(=O)C1CCC(NC(=O)C2CCCC2)CC1.Cl. The summed E-state index contributed by atoms with van der Waals surface area (Å²) in [6, 6.07) is 0.587. The molecule has 2 saturated carbocycles. The maximum absolute atomic E-state index is 12.7. The van der Waals surface area contributed by atoms with Crippen molar-refractivity contribution >= 4 is 24.2 Å². The molecule has 2 aliphatic carbocycles. The number of rotatable bonds is 3. The summed E-state index contributed by atoms with van der Waals surface area (Å²) in [5.41, 5.74) is 0. The summed E-state index contributed by atoms with van der Waals surface area (Å²) in [4.78, 5) is 27.0. The number of halogens is 1. The summed E-state index contributed by atoms with van der Waals surface area (Å²) >= 11 is 0. The zero-order chi connectivity index (χ0) is 16.2. The molecule has 1 atom stereocenters. The van der Waals surface area contributed by atoms with Gasteiger partial charge in [-0.15, -0.1) is 12.4 Å². The van der Waals surface area contributed by atoms with Crippen molar-refractivity contribution in [1.82, 2.24) is 15.5 Å². The maximum atomic E-state index is 12.7. The molecular weight excluding hydrogens is 326 g/mol. The number of hydrogen-bond acceptors (Lipinski definition) is 3. The first-order chi connectivity index (χ1) is 11.1. The van der Waals surface area contributed by atoms with Crippen molar-refractivity contribution in [2.45, 2.75) is 70.4 Å². The van der Waals surface area contributed by atoms with E-state index < -0.39 is 0 Å². The summed E-state index contributed by atoms with van der Waals surface area (Å²) in [6.45, 7) is 4.76. The first-order valence-corrected chi connectivity index (χ1v) is 9.46. The van der Waals surface area contributed by atoms with Gasteiger partial charge in [0.1, 0.15) is 0 Å². The second-order valence-electron chi connectivity index (χ2n) is 7.62. The molecule has 3 fully saturated rings. The Labute approximate surface area is 151 Å². The van der Waals surface area contributed by atoms with E-state index in [0.717, 1.165) is 58.2 Å². The molecule has 2 N–H and O–H groups in total. The van der Waals surface area contributed by atoms with Gasteiger partial charge in [0.15, 0.2) is 0 Å². The average molecular weight is 358 g/mol. The molecule has 0 aromatic carbocycles. The van der Waals surface area contributed by atoms with Gasteiger partial charge in [0.2, 0.25) is 11.8 Å². The van der Waals surface area contributed by atoms with Gasteiger partial charge in [-0.25, -0.2) is 0 Å². The highest BCUT2D eigenvalue weighted by molar-refractivity contribution is 5.85. The van der Waals surface area contributed by atoms with Gasteiger partial charge in [-0.1, -0.05) is 12.8 Å². The minimum Gasteiger partial charge on any atom is -0.353 e. The van der Waals surface area contributed by atoms with E-state index in [1.54, 1.807) is 0 Å². The van der Waals surface area contributed by atoms with Crippen LogP contribution in [-0.4, -0.2) is 48.4 Å². The van der Waals surface area contributed by atoms with Gasteiger partial charge >= 0.3 is 0 Å². The second-order valence-corrected chi connectivity index (χ2v) is 7.62. The van der Waals surface area contributed by atoms with Gasteiger partial charge in [0, 0.05) is 43.6 Å². The summed E-state index contributed by atoms with van der Waals surface area (Å²) in [5.74, 6) is 0.999. The molecule has 1 aliphatic heterocycles. The third kappa shape index (κ3) is 4.63. The van der Waals surface area contributed by atoms with Crippen molar-refractivity contribution in [2.75, 3.05) is 19.6 Å². The molecule has 24 heavy (non-hydrogen) atoms. The van der Waals surface area contributed by atoms with Crippen LogP contribution < -0.4 is 10.6 Å². The summed E-state index contributed by atoms with van der Waals surface area (Å²) in [7, 11) is 0. The van der Waals surface area contributed by atoms with Crippen molar-refractivity contribution in [3.05, 3.63) is 0 Å². The molecule has 138 valence electrons. The Morgan fingerprint density at radius 1 is 1.00 bits per heavy atom. The average Bonchev–Trinajstić information content (AvgIpc) is 3.10. The van der Waals surface area contributed by atoms with Crippen LogP contribution in [0.3, 0.4) is 0 Å². The zero-order valence-electron chi connectivity index (χ0n) is 14.8. The van der Waals surface area contributed by atoms with Crippen LogP contribution in [-0.2, 0) is 9.59 Å². The highest BCUT2D eigenvalue weighted by Crippen LogP contribution is 2.29. The number of amides is 2. The molecule has 6 heteroatoms. The second kappa shape index (κ2) is 9.04. The highest BCUT2D eigenvalue weighted by atomic mass is 35.5. The predicted octanol–water partition coefficient (Wildman–Crippen LogP) is 2.09. The minimum absolute atomic E-state index is 0. The lowest BCUT2D eigenvalue weighted by molar-refractivity contribution is -0.139. The van der Waals surface area contributed by atoms with Crippen molar-refractivity contribution in [3.63, 3.8) is 0 Å². The van der Waals surface area contributed by atoms with Gasteiger partial charge in [-0.3, -0.25) is 9.59 Å². The van der Waals surface area contributed by atoms with Crippen molar-refractivity contribution in [3.8, 4) is 0 Å². The van der Waals surface area contributed by atoms with E-state index in [-0.39, 0.29) is 36.2 Å². The van der Waals surface area contributed by atoms with Crippen LogP contribution in [0.5, 0.6) is 0 Å². The third-order valence-corrected chi connectivity index (χ3v) is 5.93. The normalized spacial score (nSPS) is 31.4. The number of nitrogens with one attached hydrogen (secondary N) is 2. The van der Waals surface area contributed by atoms with E-state index in [1.807, 2.05) is 0 Å². The molecule has 1 saturated heterocycles. The lowest BCUT2D eigenvalue weighted by atomic mass is 9.84. The van der Waals surface area contributed by atoms with Crippen LogP contribution in [0.4, 0.5) is 0 Å². The van der Waals surface area contributed by atoms with Crippen LogP contribution >= 0.6 is 12.4 Å². The molecular formula is C18H32ClN3O2. The third-order valence-electron chi connectivity index (χ3n) is 5.93. The van der Waals surface area contributed by atoms with E-state index in [4.69, 9.17) is 0 Å². The summed E-state index contributed by atoms with van der Waals surface area (Å²) in [5, 5.41) is 6.57. The van der Waals surface area contributed by atoms with Gasteiger partial charge < -0.3 is 15.5 Å². The van der Waals surface area contributed by atoms with Gasteiger partial charge in [-0.05, 0) is 45.4 Å². The van der Waals surface area contributed by atoms with E-state index in [2.05, 4.69) is 22.5 Å². The molecule has 0 bridgehead atoms. The van der Waals surface area contributed by atoms with Gasteiger partial charge in [0.25, 0.3) is 0 Å². The van der Waals surface area contributed by atoms with E-state index >= 15 is 0 Å². The lowest BCUT2D eigenvalue weighted by Crippen LogP contribution is -2.54. The minimum atomic E-state index is 0. The van der Waals surface area contributed by atoms with Crippen LogP contribution in [0.25, 0.3) is 0 Å². The first-order valence-electron chi connectivity index (χ1n) is 9.46. The van der Waals surface area contributed by atoms with Crippen molar-refractivity contribution < 1.29 is 9.59 Å². The molecule has 0 radical (unpaired) electrons. The zero-order valence-corrected chi connectivity index (χ0v) is 15.6. The maximum Gasteiger partial charge on any atom is 0.226 e. The molecule has 1 heterocycles. The van der Waals surface area contributed by atoms with Crippen LogP contribution in [0.2, 0.25) is 0 Å². The Kier molecular flexibility index (Phi) is 7.35. The van der Waals surface area contributed by atoms with E-state index in [0.29, 0.717) is 11.9 Å². The molecule has 0 aromatic rings. The standard InChI is InChI=1S/C18H31N3O2.ClH/c1-13-12-19-10-11-21(13)18(23)15-6-8-16(9-7-15)20-17(22)14-4-2-3-5-14;/h13-16,19H,2-12H2,1H3,(H,20,22);1H. The lowest BCUT2D eigenvalue weighted by Gasteiger charge is -2.38. The Balaban J connectivity index is 0.00000208. The van der Waals surface area contributed by atoms with E-state index in [9.17, 15) is 9.59 Å². The topological polar surface area (TPSA) is 61.4 Å². The largest absolute Gasteiger partial charge is 0.353 e. The monoisotopic (exact) mass is 357 g/mol. The molecule has 2 amide bonds. The number of carbonyl (C=O) groups is 2. The number of carbonyl (C=O) groups excluding carboxylic acids is 2. The van der Waals surface area contributed by atoms with Gasteiger partial charge in [-0.2, -0.15) is 0 Å². The highest BCUT2D eigenvalue weighted by Gasteiger charge is 2.33. The first kappa shape index (κ1) is 19.5. The summed E-state index contributed by atoms with van der Waals surface area (Å²) in [6.07, 6.45) is 8.26. The number of nitrogens with zero attached hydrogens (tertiary/aromatic N) is 1.